The van der Waals surface area contributed by atoms with Crippen LogP contribution in [0.15, 0.2) is 43.0 Å². The molecule has 47 heavy (non-hydrogen) atoms. The molecule has 2 aliphatic heterocycles. The molecule has 1 fully saturated rings. The molecule has 1 saturated heterocycles. The molecule has 2 aromatic heterocycles. The summed E-state index contributed by atoms with van der Waals surface area (Å²) in [6, 6.07) is 7.54. The minimum absolute atomic E-state index is 0.157. The van der Waals surface area contributed by atoms with E-state index in [1.807, 2.05) is 31.0 Å². The number of alkyl halides is 3. The van der Waals surface area contributed by atoms with Crippen molar-refractivity contribution in [1.82, 2.24) is 24.8 Å². The molecule has 6 rings (SSSR count). The lowest BCUT2D eigenvalue weighted by atomic mass is 9.98. The van der Waals surface area contributed by atoms with Crippen molar-refractivity contribution in [2.24, 2.45) is 0 Å². The lowest BCUT2D eigenvalue weighted by Gasteiger charge is -2.40. The fourth-order valence-corrected chi connectivity index (χ4v) is 6.67. The zero-order valence-electron chi connectivity index (χ0n) is 26.0. The Hall–Kier alpha value is -4.49. The van der Waals surface area contributed by atoms with Crippen molar-refractivity contribution in [3.05, 3.63) is 76.1 Å². The Morgan fingerprint density at radius 2 is 1.94 bits per heavy atom. The van der Waals surface area contributed by atoms with Gasteiger partial charge in [-0.3, -0.25) is 4.79 Å². The second-order valence-electron chi connectivity index (χ2n) is 11.9. The van der Waals surface area contributed by atoms with Gasteiger partial charge in [0, 0.05) is 49.7 Å². The number of rotatable bonds is 5. The van der Waals surface area contributed by atoms with E-state index < -0.39 is 28.8 Å². The number of halogens is 5. The molecular weight excluding hydrogens is 638 g/mol. The predicted molar refractivity (Wildman–Crippen MR) is 172 cm³/mol. The molecule has 2 N–H and O–H groups in total. The molecule has 0 saturated carbocycles. The number of nitrogens with zero attached hydrogens (tertiary/aromatic N) is 6. The molecular formula is C33H32ClF4N7O2. The summed E-state index contributed by atoms with van der Waals surface area (Å²) in [6.07, 6.45) is -2.94. The van der Waals surface area contributed by atoms with Crippen molar-refractivity contribution >= 4 is 40.0 Å². The number of aromatic nitrogens is 3. The summed E-state index contributed by atoms with van der Waals surface area (Å²) in [5.41, 5.74) is 4.85. The van der Waals surface area contributed by atoms with Crippen molar-refractivity contribution in [2.75, 3.05) is 43.9 Å². The molecule has 0 spiro atoms. The number of amides is 1. The SMILES string of the molecule is C=CC(=O)N1CCN(c2nc(Oc3cccc4c3CCN(C)C4)nc3c(F)c(-c4nc(N)cc(C)c4C(F)(F)F)c(Cl)cc23)[C@@H](C)C1. The number of pyridine rings is 1. The molecule has 246 valence electrons. The summed E-state index contributed by atoms with van der Waals surface area (Å²) in [5.74, 6) is -0.829. The van der Waals surface area contributed by atoms with E-state index in [2.05, 4.69) is 21.4 Å². The van der Waals surface area contributed by atoms with Gasteiger partial charge in [-0.1, -0.05) is 30.3 Å². The number of likely N-dealkylation sites (N-methyl/N-ethyl adjacent to an activating group) is 1. The first-order chi connectivity index (χ1) is 22.3. The second kappa shape index (κ2) is 12.3. The third kappa shape index (κ3) is 6.05. The van der Waals surface area contributed by atoms with Crippen LogP contribution in [0.5, 0.6) is 11.8 Å². The minimum atomic E-state index is -4.88. The number of ether oxygens (including phenoxy) is 1. The van der Waals surface area contributed by atoms with Crippen LogP contribution in [-0.4, -0.2) is 69.9 Å². The van der Waals surface area contributed by atoms with E-state index in [0.717, 1.165) is 23.7 Å². The first kappa shape index (κ1) is 32.5. The smallest absolute Gasteiger partial charge is 0.418 e. The fourth-order valence-electron chi connectivity index (χ4n) is 6.39. The van der Waals surface area contributed by atoms with Crippen LogP contribution in [0, 0.1) is 12.7 Å². The van der Waals surface area contributed by atoms with E-state index in [1.54, 1.807) is 11.0 Å². The van der Waals surface area contributed by atoms with E-state index in [1.165, 1.54) is 19.1 Å². The van der Waals surface area contributed by atoms with Gasteiger partial charge in [0.2, 0.25) is 5.91 Å². The largest absolute Gasteiger partial charge is 0.424 e. The number of benzene rings is 2. The number of hydrogen-bond acceptors (Lipinski definition) is 8. The highest BCUT2D eigenvalue weighted by molar-refractivity contribution is 6.34. The Balaban J connectivity index is 1.56. The maximum atomic E-state index is 16.8. The number of hydrogen-bond donors (Lipinski definition) is 1. The van der Waals surface area contributed by atoms with Gasteiger partial charge in [0.1, 0.15) is 22.9 Å². The molecule has 4 heterocycles. The van der Waals surface area contributed by atoms with E-state index in [9.17, 15) is 18.0 Å². The zero-order chi connectivity index (χ0) is 33.8. The number of aryl methyl sites for hydroxylation is 1. The van der Waals surface area contributed by atoms with Crippen LogP contribution in [0.4, 0.5) is 29.2 Å². The maximum Gasteiger partial charge on any atom is 0.418 e. The van der Waals surface area contributed by atoms with Crippen molar-refractivity contribution in [3.8, 4) is 23.0 Å². The predicted octanol–water partition coefficient (Wildman–Crippen LogP) is 6.40. The van der Waals surface area contributed by atoms with Gasteiger partial charge >= 0.3 is 12.2 Å². The Morgan fingerprint density at radius 1 is 1.17 bits per heavy atom. The van der Waals surface area contributed by atoms with Crippen LogP contribution < -0.4 is 15.4 Å². The molecule has 0 aliphatic carbocycles. The van der Waals surface area contributed by atoms with Gasteiger partial charge in [0.15, 0.2) is 5.82 Å². The second-order valence-corrected chi connectivity index (χ2v) is 12.3. The first-order valence-electron chi connectivity index (χ1n) is 15.0. The van der Waals surface area contributed by atoms with E-state index >= 15 is 4.39 Å². The van der Waals surface area contributed by atoms with Gasteiger partial charge in [-0.15, -0.1) is 0 Å². The summed E-state index contributed by atoms with van der Waals surface area (Å²) in [7, 11) is 2.02. The normalized spacial score (nSPS) is 17.1. The summed E-state index contributed by atoms with van der Waals surface area (Å²) < 4.78 is 65.9. The Morgan fingerprint density at radius 3 is 2.64 bits per heavy atom. The highest BCUT2D eigenvalue weighted by Gasteiger charge is 2.39. The molecule has 1 atom stereocenters. The van der Waals surface area contributed by atoms with Crippen molar-refractivity contribution in [2.45, 2.75) is 39.0 Å². The maximum absolute atomic E-state index is 16.8. The fraction of sp³-hybridized carbons (Fsp3) is 0.333. The minimum Gasteiger partial charge on any atom is -0.424 e. The third-order valence-corrected chi connectivity index (χ3v) is 8.90. The average molecular weight is 670 g/mol. The lowest BCUT2D eigenvalue weighted by molar-refractivity contribution is -0.137. The summed E-state index contributed by atoms with van der Waals surface area (Å²) in [6.45, 7) is 9.14. The molecule has 0 unspecified atom stereocenters. The van der Waals surface area contributed by atoms with E-state index in [4.69, 9.17) is 27.1 Å². The van der Waals surface area contributed by atoms with Crippen LogP contribution in [0.2, 0.25) is 5.02 Å². The van der Waals surface area contributed by atoms with E-state index in [0.29, 0.717) is 38.3 Å². The van der Waals surface area contributed by atoms with Gasteiger partial charge < -0.3 is 25.2 Å². The van der Waals surface area contributed by atoms with Gasteiger partial charge in [0.05, 0.1) is 21.8 Å². The molecule has 2 aliphatic rings. The van der Waals surface area contributed by atoms with Gasteiger partial charge in [-0.2, -0.15) is 23.1 Å². The van der Waals surface area contributed by atoms with Gasteiger partial charge in [-0.05, 0) is 62.7 Å². The molecule has 1 amide bonds. The van der Waals surface area contributed by atoms with Crippen molar-refractivity contribution in [3.63, 3.8) is 0 Å². The van der Waals surface area contributed by atoms with Gasteiger partial charge in [-0.25, -0.2) is 9.37 Å². The standard InChI is InChI=1S/C33H32ClF4N7O2/c1-5-25(46)44-11-12-45(18(3)15-44)31-21-14-22(34)26(30-27(33(36,37)38)17(2)13-24(39)40-30)28(35)29(21)41-32(42-31)47-23-8-6-7-19-16-43(4)10-9-20(19)23/h5-8,13-14,18H,1,9-12,15-16H2,2-4H3,(H2,39,40)/t18-/m0/s1. The summed E-state index contributed by atoms with van der Waals surface area (Å²) in [4.78, 5) is 31.1. The molecule has 4 aromatic rings. The highest BCUT2D eigenvalue weighted by Crippen LogP contribution is 2.45. The Bertz CT molecular complexity index is 1920. The van der Waals surface area contributed by atoms with Gasteiger partial charge in [0.25, 0.3) is 0 Å². The number of anilines is 2. The first-order valence-corrected chi connectivity index (χ1v) is 15.3. The molecule has 0 bridgehead atoms. The number of nitrogen functional groups attached to an aromatic ring is 1. The lowest BCUT2D eigenvalue weighted by Crippen LogP contribution is -2.53. The number of piperazine rings is 1. The number of carbonyl (C=O) groups excluding carboxylic acids is 1. The number of fused-ring (bicyclic) bond motifs is 2. The molecule has 0 radical (unpaired) electrons. The highest BCUT2D eigenvalue weighted by atomic mass is 35.5. The van der Waals surface area contributed by atoms with Crippen LogP contribution in [0.1, 0.15) is 29.2 Å². The molecule has 9 nitrogen and oxygen atoms in total. The number of nitrogens with two attached hydrogens (primary N) is 1. The van der Waals surface area contributed by atoms with Crippen LogP contribution >= 0.6 is 11.6 Å². The van der Waals surface area contributed by atoms with Crippen molar-refractivity contribution in [1.29, 1.82) is 0 Å². The molecule has 2 aromatic carbocycles. The monoisotopic (exact) mass is 669 g/mol. The average Bonchev–Trinajstić information content (AvgIpc) is 2.99. The Kier molecular flexibility index (Phi) is 8.47. The molecule has 14 heteroatoms. The van der Waals surface area contributed by atoms with Crippen LogP contribution in [0.3, 0.4) is 0 Å². The topological polar surface area (TPSA) is 101 Å². The summed E-state index contributed by atoms with van der Waals surface area (Å²) >= 11 is 6.60. The summed E-state index contributed by atoms with van der Waals surface area (Å²) in [5, 5.41) is -0.171. The van der Waals surface area contributed by atoms with Crippen LogP contribution in [-0.2, 0) is 23.9 Å². The van der Waals surface area contributed by atoms with Crippen molar-refractivity contribution < 1.29 is 27.1 Å². The zero-order valence-corrected chi connectivity index (χ0v) is 26.7. The Labute approximate surface area is 273 Å². The van der Waals surface area contributed by atoms with Crippen LogP contribution in [0.25, 0.3) is 22.2 Å². The quantitative estimate of drug-likeness (QED) is 0.193. The third-order valence-electron chi connectivity index (χ3n) is 8.60. The van der Waals surface area contributed by atoms with E-state index in [-0.39, 0.29) is 51.1 Å². The number of carbonyl (C=O) groups is 1.